The van der Waals surface area contributed by atoms with Crippen LogP contribution < -0.4 is 4.74 Å². The molecule has 21 heavy (non-hydrogen) atoms. The number of benzene rings is 1. The molecule has 0 aliphatic carbocycles. The number of halogens is 1. The molecule has 1 aliphatic heterocycles. The van der Waals surface area contributed by atoms with Gasteiger partial charge in [-0.15, -0.1) is 0 Å². The lowest BCUT2D eigenvalue weighted by molar-refractivity contribution is 0.0708. The van der Waals surface area contributed by atoms with Gasteiger partial charge in [0.25, 0.3) is 0 Å². The number of hydrogen-bond donors (Lipinski definition) is 0. The van der Waals surface area contributed by atoms with Gasteiger partial charge in [0.2, 0.25) is 0 Å². The molecule has 1 heterocycles. The molecule has 0 atom stereocenters. The fraction of sp³-hybridized carbons (Fsp3) is 0.647. The van der Waals surface area contributed by atoms with Crippen molar-refractivity contribution in [3.05, 3.63) is 28.8 Å². The first-order valence-corrected chi connectivity index (χ1v) is 8.22. The molecule has 0 unspecified atom stereocenters. The first-order chi connectivity index (χ1) is 10.1. The number of likely N-dealkylation sites (tertiary alicyclic amines) is 1. The third kappa shape index (κ3) is 5.85. The van der Waals surface area contributed by atoms with E-state index in [0.29, 0.717) is 13.2 Å². The van der Waals surface area contributed by atoms with Crippen molar-refractivity contribution in [1.82, 2.24) is 4.90 Å². The fourth-order valence-electron chi connectivity index (χ4n) is 2.51. The van der Waals surface area contributed by atoms with Crippen molar-refractivity contribution in [3.8, 4) is 5.75 Å². The van der Waals surface area contributed by atoms with Crippen LogP contribution in [0.5, 0.6) is 5.75 Å². The summed E-state index contributed by atoms with van der Waals surface area (Å²) in [6.45, 7) is 9.78. The predicted molar refractivity (Wildman–Crippen MR) is 87.3 cm³/mol. The van der Waals surface area contributed by atoms with E-state index in [2.05, 4.69) is 11.8 Å². The number of ether oxygens (including phenoxy) is 2. The van der Waals surface area contributed by atoms with Gasteiger partial charge in [-0.1, -0.05) is 18.5 Å². The summed E-state index contributed by atoms with van der Waals surface area (Å²) in [5.74, 6) is 1.74. The van der Waals surface area contributed by atoms with Crippen LogP contribution in [0.15, 0.2) is 18.2 Å². The summed E-state index contributed by atoms with van der Waals surface area (Å²) < 4.78 is 11.3. The Hall–Kier alpha value is -0.770. The Labute approximate surface area is 133 Å². The van der Waals surface area contributed by atoms with Gasteiger partial charge < -0.3 is 14.4 Å². The third-order valence-corrected chi connectivity index (χ3v) is 4.48. The van der Waals surface area contributed by atoms with Crippen LogP contribution in [0.3, 0.4) is 0 Å². The van der Waals surface area contributed by atoms with E-state index in [-0.39, 0.29) is 0 Å². The van der Waals surface area contributed by atoms with Gasteiger partial charge in [-0.25, -0.2) is 0 Å². The van der Waals surface area contributed by atoms with Crippen molar-refractivity contribution >= 4 is 11.6 Å². The van der Waals surface area contributed by atoms with Gasteiger partial charge >= 0.3 is 0 Å². The second-order valence-corrected chi connectivity index (χ2v) is 6.30. The molecule has 1 aromatic rings. The third-order valence-electron chi connectivity index (χ3n) is 4.05. The smallest absolute Gasteiger partial charge is 0.119 e. The SMILES string of the molecule is Cc1cc(OCCOCCN2CCC(C)CC2)ccc1Cl. The number of rotatable bonds is 7. The minimum absolute atomic E-state index is 0.581. The van der Waals surface area contributed by atoms with E-state index in [4.69, 9.17) is 21.1 Å². The summed E-state index contributed by atoms with van der Waals surface area (Å²) in [6, 6.07) is 5.71. The monoisotopic (exact) mass is 311 g/mol. The Kier molecular flexibility index (Phi) is 6.81. The van der Waals surface area contributed by atoms with Crippen LogP contribution in [0, 0.1) is 12.8 Å². The van der Waals surface area contributed by atoms with Crippen LogP contribution in [-0.2, 0) is 4.74 Å². The fourth-order valence-corrected chi connectivity index (χ4v) is 2.62. The maximum atomic E-state index is 5.98. The first-order valence-electron chi connectivity index (χ1n) is 7.84. The van der Waals surface area contributed by atoms with Crippen molar-refractivity contribution in [3.63, 3.8) is 0 Å². The summed E-state index contributed by atoms with van der Waals surface area (Å²) in [5, 5.41) is 0.773. The van der Waals surface area contributed by atoms with Crippen LogP contribution in [0.4, 0.5) is 0 Å². The van der Waals surface area contributed by atoms with E-state index in [1.165, 1.54) is 25.9 Å². The van der Waals surface area contributed by atoms with Gasteiger partial charge in [0, 0.05) is 11.6 Å². The van der Waals surface area contributed by atoms with Gasteiger partial charge in [0.1, 0.15) is 12.4 Å². The highest BCUT2D eigenvalue weighted by Crippen LogP contribution is 2.20. The number of aryl methyl sites for hydroxylation is 1. The number of nitrogens with zero attached hydrogens (tertiary/aromatic N) is 1. The van der Waals surface area contributed by atoms with Crippen LogP contribution in [0.2, 0.25) is 5.02 Å². The molecule has 3 nitrogen and oxygen atoms in total. The molecule has 2 rings (SSSR count). The zero-order chi connectivity index (χ0) is 15.1. The number of hydrogen-bond acceptors (Lipinski definition) is 3. The molecule has 1 aromatic carbocycles. The van der Waals surface area contributed by atoms with Crippen molar-refractivity contribution in [1.29, 1.82) is 0 Å². The van der Waals surface area contributed by atoms with Gasteiger partial charge in [0.05, 0.1) is 13.2 Å². The molecule has 4 heteroatoms. The molecule has 1 aliphatic rings. The van der Waals surface area contributed by atoms with Gasteiger partial charge in [0.15, 0.2) is 0 Å². The lowest BCUT2D eigenvalue weighted by Crippen LogP contribution is -2.35. The summed E-state index contributed by atoms with van der Waals surface area (Å²) in [7, 11) is 0. The topological polar surface area (TPSA) is 21.7 Å². The molecule has 0 bridgehead atoms. The second kappa shape index (κ2) is 8.62. The molecular formula is C17H26ClNO2. The van der Waals surface area contributed by atoms with Gasteiger partial charge in [-0.2, -0.15) is 0 Å². The van der Waals surface area contributed by atoms with E-state index in [9.17, 15) is 0 Å². The van der Waals surface area contributed by atoms with E-state index >= 15 is 0 Å². The van der Waals surface area contributed by atoms with Crippen molar-refractivity contribution in [2.45, 2.75) is 26.7 Å². The Morgan fingerprint density at radius 2 is 1.95 bits per heavy atom. The van der Waals surface area contributed by atoms with Crippen LogP contribution in [0.25, 0.3) is 0 Å². The normalized spacial score (nSPS) is 17.1. The number of piperidine rings is 1. The zero-order valence-electron chi connectivity index (χ0n) is 13.1. The predicted octanol–water partition coefficient (Wildman–Crippen LogP) is 3.78. The Balaban J connectivity index is 1.53. The lowest BCUT2D eigenvalue weighted by atomic mass is 9.99. The summed E-state index contributed by atoms with van der Waals surface area (Å²) in [5.41, 5.74) is 1.04. The first kappa shape index (κ1) is 16.6. The highest BCUT2D eigenvalue weighted by molar-refractivity contribution is 6.31. The molecule has 0 amide bonds. The van der Waals surface area contributed by atoms with E-state index < -0.39 is 0 Å². The maximum Gasteiger partial charge on any atom is 0.119 e. The van der Waals surface area contributed by atoms with E-state index in [1.54, 1.807) is 0 Å². The summed E-state index contributed by atoms with van der Waals surface area (Å²) in [6.07, 6.45) is 2.64. The lowest BCUT2D eigenvalue weighted by Gasteiger charge is -2.29. The summed E-state index contributed by atoms with van der Waals surface area (Å²) >= 11 is 5.98. The largest absolute Gasteiger partial charge is 0.491 e. The standard InChI is InChI=1S/C17H26ClNO2/c1-14-5-7-19(8-6-14)9-10-20-11-12-21-16-3-4-17(18)15(2)13-16/h3-4,13-14H,5-12H2,1-2H3. The highest BCUT2D eigenvalue weighted by atomic mass is 35.5. The molecule has 0 spiro atoms. The molecule has 0 radical (unpaired) electrons. The quantitative estimate of drug-likeness (QED) is 0.715. The van der Waals surface area contributed by atoms with E-state index in [1.807, 2.05) is 25.1 Å². The Morgan fingerprint density at radius 1 is 1.19 bits per heavy atom. The molecule has 0 saturated carbocycles. The van der Waals surface area contributed by atoms with Crippen LogP contribution in [0.1, 0.15) is 25.3 Å². The molecule has 1 fully saturated rings. The zero-order valence-corrected chi connectivity index (χ0v) is 13.9. The molecule has 0 N–H and O–H groups in total. The molecule has 118 valence electrons. The highest BCUT2D eigenvalue weighted by Gasteiger charge is 2.14. The maximum absolute atomic E-state index is 5.98. The van der Waals surface area contributed by atoms with Gasteiger partial charge in [-0.3, -0.25) is 0 Å². The van der Waals surface area contributed by atoms with Crippen LogP contribution in [-0.4, -0.2) is 44.4 Å². The minimum atomic E-state index is 0.581. The Bertz CT molecular complexity index is 431. The average molecular weight is 312 g/mol. The molecule has 1 saturated heterocycles. The van der Waals surface area contributed by atoms with Crippen molar-refractivity contribution in [2.75, 3.05) is 39.5 Å². The van der Waals surface area contributed by atoms with Crippen LogP contribution >= 0.6 is 11.6 Å². The molecule has 0 aromatic heterocycles. The van der Waals surface area contributed by atoms with Crippen molar-refractivity contribution < 1.29 is 9.47 Å². The second-order valence-electron chi connectivity index (χ2n) is 5.90. The minimum Gasteiger partial charge on any atom is -0.491 e. The van der Waals surface area contributed by atoms with Gasteiger partial charge in [-0.05, 0) is 62.5 Å². The average Bonchev–Trinajstić information content (AvgIpc) is 2.48. The van der Waals surface area contributed by atoms with Crippen molar-refractivity contribution in [2.24, 2.45) is 5.92 Å². The van der Waals surface area contributed by atoms with E-state index in [0.717, 1.165) is 35.4 Å². The Morgan fingerprint density at radius 3 is 2.67 bits per heavy atom. The summed E-state index contributed by atoms with van der Waals surface area (Å²) in [4.78, 5) is 2.49. The molecular weight excluding hydrogens is 286 g/mol.